The number of aromatic nitrogens is 3. The van der Waals surface area contributed by atoms with E-state index in [-0.39, 0.29) is 21.7 Å². The highest BCUT2D eigenvalue weighted by Crippen LogP contribution is 2.35. The van der Waals surface area contributed by atoms with Gasteiger partial charge in [0.05, 0.1) is 15.1 Å². The van der Waals surface area contributed by atoms with Crippen molar-refractivity contribution in [1.82, 2.24) is 20.3 Å². The van der Waals surface area contributed by atoms with Crippen LogP contribution in [-0.4, -0.2) is 42.6 Å². The van der Waals surface area contributed by atoms with Gasteiger partial charge in [-0.3, -0.25) is 9.78 Å². The Hall–Kier alpha value is -3.27. The maximum absolute atomic E-state index is 12.6. The summed E-state index contributed by atoms with van der Waals surface area (Å²) in [5.41, 5.74) is 3.52. The van der Waals surface area contributed by atoms with E-state index in [1.54, 1.807) is 18.3 Å². The SMILES string of the molecule is Cc1ccc2c(N3CCC(NC(=O)CCc4ccccn4)CC3I)nc(-c3ccccc3O)nc2c1. The van der Waals surface area contributed by atoms with Gasteiger partial charge in [-0.05, 0) is 68.1 Å². The molecule has 0 radical (unpaired) electrons. The van der Waals surface area contributed by atoms with Crippen molar-refractivity contribution in [3.63, 3.8) is 0 Å². The number of nitrogens with one attached hydrogen (secondary N) is 1. The van der Waals surface area contributed by atoms with E-state index in [2.05, 4.69) is 56.0 Å². The second-order valence-electron chi connectivity index (χ2n) is 9.15. The molecule has 2 aromatic heterocycles. The summed E-state index contributed by atoms with van der Waals surface area (Å²) in [7, 11) is 0. The van der Waals surface area contributed by atoms with E-state index >= 15 is 0 Å². The summed E-state index contributed by atoms with van der Waals surface area (Å²) in [4.78, 5) is 28.9. The molecule has 0 saturated carbocycles. The number of halogens is 1. The van der Waals surface area contributed by atoms with Crippen LogP contribution >= 0.6 is 22.6 Å². The number of rotatable bonds is 6. The Kier molecular flexibility index (Phi) is 7.31. The summed E-state index contributed by atoms with van der Waals surface area (Å²) in [6, 6.07) is 19.3. The largest absolute Gasteiger partial charge is 0.507 e. The fourth-order valence-electron chi connectivity index (χ4n) is 4.60. The molecule has 184 valence electrons. The molecule has 2 atom stereocenters. The van der Waals surface area contributed by atoms with Gasteiger partial charge in [0.2, 0.25) is 5.91 Å². The summed E-state index contributed by atoms with van der Waals surface area (Å²) in [6.45, 7) is 2.81. The Morgan fingerprint density at radius 1 is 1.14 bits per heavy atom. The van der Waals surface area contributed by atoms with Gasteiger partial charge in [-0.1, -0.05) is 46.9 Å². The highest BCUT2D eigenvalue weighted by molar-refractivity contribution is 14.1. The lowest BCUT2D eigenvalue weighted by atomic mass is 10.0. The average molecular weight is 593 g/mol. The summed E-state index contributed by atoms with van der Waals surface area (Å²) < 4.78 is 0.147. The predicted octanol–water partition coefficient (Wildman–Crippen LogP) is 5.18. The quantitative estimate of drug-likeness (QED) is 0.182. The van der Waals surface area contributed by atoms with Crippen LogP contribution in [0.2, 0.25) is 0 Å². The van der Waals surface area contributed by atoms with Crippen molar-refractivity contribution in [3.05, 3.63) is 78.1 Å². The lowest BCUT2D eigenvalue weighted by Crippen LogP contribution is -2.48. The van der Waals surface area contributed by atoms with Crippen LogP contribution < -0.4 is 10.2 Å². The van der Waals surface area contributed by atoms with Gasteiger partial charge in [0.25, 0.3) is 0 Å². The summed E-state index contributed by atoms with van der Waals surface area (Å²) in [5.74, 6) is 1.59. The number of carbonyl (C=O) groups is 1. The summed E-state index contributed by atoms with van der Waals surface area (Å²) in [5, 5.41) is 14.6. The van der Waals surface area contributed by atoms with Gasteiger partial charge >= 0.3 is 0 Å². The number of para-hydroxylation sites is 1. The van der Waals surface area contributed by atoms with Crippen LogP contribution in [0.25, 0.3) is 22.3 Å². The zero-order valence-corrected chi connectivity index (χ0v) is 22.2. The topological polar surface area (TPSA) is 91.2 Å². The fraction of sp³-hybridized carbons (Fsp3) is 0.286. The molecule has 2 N–H and O–H groups in total. The van der Waals surface area contributed by atoms with Crippen molar-refractivity contribution in [2.24, 2.45) is 0 Å². The molecule has 0 spiro atoms. The predicted molar refractivity (Wildman–Crippen MR) is 150 cm³/mol. The van der Waals surface area contributed by atoms with Gasteiger partial charge in [0, 0.05) is 36.3 Å². The van der Waals surface area contributed by atoms with Crippen molar-refractivity contribution in [2.75, 3.05) is 11.4 Å². The van der Waals surface area contributed by atoms with E-state index in [9.17, 15) is 9.90 Å². The maximum Gasteiger partial charge on any atom is 0.220 e. The van der Waals surface area contributed by atoms with Crippen molar-refractivity contribution in [3.8, 4) is 17.1 Å². The number of benzene rings is 2. The molecule has 8 heteroatoms. The van der Waals surface area contributed by atoms with Crippen molar-refractivity contribution in [1.29, 1.82) is 0 Å². The molecule has 5 rings (SSSR count). The highest BCUT2D eigenvalue weighted by Gasteiger charge is 2.30. The Bertz CT molecular complexity index is 1380. The average Bonchev–Trinajstić information content (AvgIpc) is 2.88. The first-order valence-corrected chi connectivity index (χ1v) is 13.4. The number of aryl methyl sites for hydroxylation is 2. The molecule has 0 aliphatic carbocycles. The first kappa shape index (κ1) is 24.4. The third-order valence-electron chi connectivity index (χ3n) is 6.48. The monoisotopic (exact) mass is 593 g/mol. The number of alkyl halides is 1. The number of phenols is 1. The van der Waals surface area contributed by atoms with Crippen LogP contribution in [0.5, 0.6) is 5.75 Å². The lowest BCUT2D eigenvalue weighted by Gasteiger charge is -2.38. The summed E-state index contributed by atoms with van der Waals surface area (Å²) >= 11 is 2.44. The van der Waals surface area contributed by atoms with E-state index in [0.717, 1.165) is 47.4 Å². The van der Waals surface area contributed by atoms with Crippen LogP contribution in [0, 0.1) is 6.92 Å². The number of pyridine rings is 1. The van der Waals surface area contributed by atoms with Gasteiger partial charge in [0.15, 0.2) is 5.82 Å². The molecule has 1 fully saturated rings. The third kappa shape index (κ3) is 5.43. The molecule has 1 aliphatic heterocycles. The number of piperidine rings is 1. The smallest absolute Gasteiger partial charge is 0.220 e. The number of carbonyl (C=O) groups excluding carboxylic acids is 1. The Morgan fingerprint density at radius 2 is 1.97 bits per heavy atom. The van der Waals surface area contributed by atoms with E-state index in [0.29, 0.717) is 24.2 Å². The maximum atomic E-state index is 12.6. The molecular formula is C28H28IN5O2. The van der Waals surface area contributed by atoms with Gasteiger partial charge < -0.3 is 15.3 Å². The standard InChI is InChI=1S/C28H28IN5O2/c1-18-9-11-21-23(16-18)32-27(22-7-2-3-8-24(22)35)33-28(21)34-15-13-20(17-25(34)29)31-26(36)12-10-19-6-4-5-14-30-19/h2-9,11,14,16,20,25,35H,10,12-13,15,17H2,1H3,(H,31,36). The molecule has 3 heterocycles. The lowest BCUT2D eigenvalue weighted by molar-refractivity contribution is -0.121. The fourth-order valence-corrected chi connectivity index (χ4v) is 5.75. The minimum absolute atomic E-state index is 0.0625. The van der Waals surface area contributed by atoms with Crippen LogP contribution in [0.1, 0.15) is 30.5 Å². The highest BCUT2D eigenvalue weighted by atomic mass is 127. The van der Waals surface area contributed by atoms with Crippen molar-refractivity contribution < 1.29 is 9.90 Å². The molecule has 2 aromatic carbocycles. The molecule has 1 amide bonds. The normalized spacial score (nSPS) is 17.8. The number of nitrogens with zero attached hydrogens (tertiary/aromatic N) is 4. The molecular weight excluding hydrogens is 565 g/mol. The number of amides is 1. The van der Waals surface area contributed by atoms with Crippen LogP contribution in [-0.2, 0) is 11.2 Å². The number of anilines is 1. The van der Waals surface area contributed by atoms with E-state index in [4.69, 9.17) is 9.97 Å². The first-order chi connectivity index (χ1) is 17.5. The Morgan fingerprint density at radius 3 is 2.75 bits per heavy atom. The van der Waals surface area contributed by atoms with E-state index in [1.165, 1.54) is 0 Å². The second kappa shape index (κ2) is 10.8. The molecule has 36 heavy (non-hydrogen) atoms. The van der Waals surface area contributed by atoms with Gasteiger partial charge in [-0.15, -0.1) is 0 Å². The molecule has 1 saturated heterocycles. The van der Waals surface area contributed by atoms with Crippen LogP contribution in [0.4, 0.5) is 5.82 Å². The molecule has 0 bridgehead atoms. The van der Waals surface area contributed by atoms with Gasteiger partial charge in [-0.25, -0.2) is 9.97 Å². The zero-order valence-electron chi connectivity index (χ0n) is 20.1. The Balaban J connectivity index is 1.34. The van der Waals surface area contributed by atoms with Gasteiger partial charge in [-0.2, -0.15) is 0 Å². The first-order valence-electron chi connectivity index (χ1n) is 12.1. The molecule has 1 aliphatic rings. The van der Waals surface area contributed by atoms with E-state index in [1.807, 2.05) is 37.3 Å². The molecule has 2 unspecified atom stereocenters. The minimum Gasteiger partial charge on any atom is -0.507 e. The van der Waals surface area contributed by atoms with Crippen molar-refractivity contribution >= 4 is 45.2 Å². The zero-order chi connectivity index (χ0) is 25.1. The molecule has 4 aromatic rings. The van der Waals surface area contributed by atoms with E-state index < -0.39 is 0 Å². The minimum atomic E-state index is 0.0625. The van der Waals surface area contributed by atoms with Gasteiger partial charge in [0.1, 0.15) is 11.6 Å². The van der Waals surface area contributed by atoms with Crippen LogP contribution in [0.15, 0.2) is 66.9 Å². The number of phenolic OH excluding ortho intramolecular Hbond substituents is 1. The third-order valence-corrected chi connectivity index (χ3v) is 7.67. The number of fused-ring (bicyclic) bond motifs is 1. The number of hydrogen-bond donors (Lipinski definition) is 2. The second-order valence-corrected chi connectivity index (χ2v) is 10.6. The van der Waals surface area contributed by atoms with Crippen molar-refractivity contribution in [2.45, 2.75) is 42.7 Å². The Labute approximate surface area is 224 Å². The summed E-state index contributed by atoms with van der Waals surface area (Å²) in [6.07, 6.45) is 4.48. The number of hydrogen-bond acceptors (Lipinski definition) is 6. The van der Waals surface area contributed by atoms with Crippen LogP contribution in [0.3, 0.4) is 0 Å². The number of aromatic hydroxyl groups is 1. The molecule has 7 nitrogen and oxygen atoms in total.